The average molecular weight is 446 g/mol. The van der Waals surface area contributed by atoms with Crippen LogP contribution in [0.25, 0.3) is 10.9 Å². The van der Waals surface area contributed by atoms with Gasteiger partial charge in [-0.05, 0) is 69.1 Å². The van der Waals surface area contributed by atoms with E-state index >= 15 is 0 Å². The van der Waals surface area contributed by atoms with Crippen molar-refractivity contribution in [3.8, 4) is 0 Å². The molecule has 0 aliphatic heterocycles. The number of hydrogen-bond acceptors (Lipinski definition) is 6. The van der Waals surface area contributed by atoms with Crippen LogP contribution >= 0.6 is 0 Å². The van der Waals surface area contributed by atoms with E-state index in [0.717, 1.165) is 48.2 Å². The number of aromatic nitrogens is 4. The van der Waals surface area contributed by atoms with E-state index < -0.39 is 0 Å². The van der Waals surface area contributed by atoms with Gasteiger partial charge in [0.2, 0.25) is 11.9 Å². The standard InChI is InChI=1S/C25H31N7O/c33-24(17-3-1-4-17)27-12-2-11-26-23-21(16-5-6-16)15-28-25(31-23)30-19-8-7-18-14-29-32(20-9-10-20)22(18)13-19/h7-8,13-17,20H,1-6,9-12H2,(H,27,33)(H2,26,28,30,31). The minimum Gasteiger partial charge on any atom is -0.370 e. The summed E-state index contributed by atoms with van der Waals surface area (Å²) >= 11 is 0. The van der Waals surface area contributed by atoms with Crippen LogP contribution in [-0.4, -0.2) is 38.7 Å². The summed E-state index contributed by atoms with van der Waals surface area (Å²) in [6.45, 7) is 1.47. The number of nitrogens with zero attached hydrogens (tertiary/aromatic N) is 4. The van der Waals surface area contributed by atoms with Gasteiger partial charge >= 0.3 is 0 Å². The molecule has 3 fully saturated rings. The van der Waals surface area contributed by atoms with Gasteiger partial charge in [-0.15, -0.1) is 0 Å². The summed E-state index contributed by atoms with van der Waals surface area (Å²) in [5, 5.41) is 15.6. The molecule has 3 aliphatic carbocycles. The van der Waals surface area contributed by atoms with Crippen molar-refractivity contribution in [1.29, 1.82) is 0 Å². The van der Waals surface area contributed by atoms with Gasteiger partial charge in [0.05, 0.1) is 17.8 Å². The van der Waals surface area contributed by atoms with Gasteiger partial charge in [-0.25, -0.2) is 4.98 Å². The first kappa shape index (κ1) is 20.4. The maximum absolute atomic E-state index is 12.0. The summed E-state index contributed by atoms with van der Waals surface area (Å²) in [5.41, 5.74) is 3.31. The number of carbonyl (C=O) groups is 1. The smallest absolute Gasteiger partial charge is 0.229 e. The third kappa shape index (κ3) is 4.51. The first-order valence-corrected chi connectivity index (χ1v) is 12.4. The topological polar surface area (TPSA) is 96.8 Å². The molecule has 6 rings (SSSR count). The van der Waals surface area contributed by atoms with Crippen molar-refractivity contribution in [2.45, 2.75) is 63.3 Å². The molecule has 0 atom stereocenters. The number of nitrogens with one attached hydrogen (secondary N) is 3. The fourth-order valence-electron chi connectivity index (χ4n) is 4.46. The van der Waals surface area contributed by atoms with E-state index in [1.165, 1.54) is 37.7 Å². The zero-order chi connectivity index (χ0) is 22.2. The first-order chi connectivity index (χ1) is 16.2. The van der Waals surface area contributed by atoms with Crippen molar-refractivity contribution in [3.63, 3.8) is 0 Å². The fraction of sp³-hybridized carbons (Fsp3) is 0.520. The Balaban J connectivity index is 1.11. The number of benzene rings is 1. The summed E-state index contributed by atoms with van der Waals surface area (Å²) < 4.78 is 2.13. The van der Waals surface area contributed by atoms with Crippen molar-refractivity contribution >= 4 is 34.3 Å². The Bertz CT molecular complexity index is 1160. The van der Waals surface area contributed by atoms with Gasteiger partial charge in [0, 0.05) is 41.8 Å². The lowest BCUT2D eigenvalue weighted by Crippen LogP contribution is -2.35. The van der Waals surface area contributed by atoms with Crippen molar-refractivity contribution in [3.05, 3.63) is 36.2 Å². The Kier molecular flexibility index (Phi) is 5.36. The SMILES string of the molecule is O=C(NCCCNc1nc(Nc2ccc3cnn(C4CC4)c3c2)ncc1C1CC1)C1CCC1. The molecule has 33 heavy (non-hydrogen) atoms. The second-order valence-corrected chi connectivity index (χ2v) is 9.69. The van der Waals surface area contributed by atoms with Gasteiger partial charge in [-0.1, -0.05) is 6.42 Å². The van der Waals surface area contributed by atoms with E-state index in [1.807, 2.05) is 12.4 Å². The quantitative estimate of drug-likeness (QED) is 0.398. The molecule has 8 heteroatoms. The second-order valence-electron chi connectivity index (χ2n) is 9.69. The highest BCUT2D eigenvalue weighted by molar-refractivity contribution is 5.83. The molecule has 0 saturated heterocycles. The van der Waals surface area contributed by atoms with Gasteiger partial charge < -0.3 is 16.0 Å². The number of hydrogen-bond donors (Lipinski definition) is 3. The Morgan fingerprint density at radius 2 is 1.94 bits per heavy atom. The van der Waals surface area contributed by atoms with Crippen molar-refractivity contribution in [1.82, 2.24) is 25.1 Å². The highest BCUT2D eigenvalue weighted by atomic mass is 16.1. The Morgan fingerprint density at radius 3 is 2.70 bits per heavy atom. The average Bonchev–Trinajstić information content (AvgIpc) is 3.71. The first-order valence-electron chi connectivity index (χ1n) is 12.4. The maximum Gasteiger partial charge on any atom is 0.229 e. The lowest BCUT2D eigenvalue weighted by atomic mass is 9.85. The molecule has 0 bridgehead atoms. The molecule has 3 aliphatic rings. The minimum absolute atomic E-state index is 0.216. The van der Waals surface area contributed by atoms with Crippen LogP contribution in [0.4, 0.5) is 17.5 Å². The van der Waals surface area contributed by atoms with E-state index in [0.29, 0.717) is 24.5 Å². The Labute approximate surface area is 193 Å². The molecule has 172 valence electrons. The number of carbonyl (C=O) groups excluding carboxylic acids is 1. The minimum atomic E-state index is 0.216. The van der Waals surface area contributed by atoms with Crippen LogP contribution in [0, 0.1) is 5.92 Å². The molecule has 2 heterocycles. The molecule has 0 unspecified atom stereocenters. The molecule has 3 N–H and O–H groups in total. The molecule has 1 amide bonds. The zero-order valence-corrected chi connectivity index (χ0v) is 18.9. The normalized spacial score (nSPS) is 18.2. The molecule has 0 spiro atoms. The van der Waals surface area contributed by atoms with E-state index in [2.05, 4.69) is 48.9 Å². The molecule has 3 aromatic rings. The van der Waals surface area contributed by atoms with E-state index in [1.54, 1.807) is 0 Å². The predicted molar refractivity (Wildman–Crippen MR) is 129 cm³/mol. The van der Waals surface area contributed by atoms with Crippen LogP contribution in [-0.2, 0) is 4.79 Å². The van der Waals surface area contributed by atoms with Crippen LogP contribution in [0.5, 0.6) is 0 Å². The lowest BCUT2D eigenvalue weighted by Gasteiger charge is -2.24. The number of anilines is 3. The third-order valence-corrected chi connectivity index (χ3v) is 7.00. The van der Waals surface area contributed by atoms with Gasteiger partial charge in [0.15, 0.2) is 0 Å². The summed E-state index contributed by atoms with van der Waals surface area (Å²) in [5.74, 6) is 2.52. The largest absolute Gasteiger partial charge is 0.370 e. The van der Waals surface area contributed by atoms with Crippen molar-refractivity contribution in [2.75, 3.05) is 23.7 Å². The number of rotatable bonds is 10. The Morgan fingerprint density at radius 1 is 1.06 bits per heavy atom. The lowest BCUT2D eigenvalue weighted by molar-refractivity contribution is -0.127. The summed E-state index contributed by atoms with van der Waals surface area (Å²) in [4.78, 5) is 21.4. The third-order valence-electron chi connectivity index (χ3n) is 7.00. The molecule has 0 radical (unpaired) electrons. The zero-order valence-electron chi connectivity index (χ0n) is 18.9. The monoisotopic (exact) mass is 445 g/mol. The number of amides is 1. The van der Waals surface area contributed by atoms with Crippen LogP contribution in [0.3, 0.4) is 0 Å². The highest BCUT2D eigenvalue weighted by Crippen LogP contribution is 2.43. The van der Waals surface area contributed by atoms with Crippen LogP contribution in [0.15, 0.2) is 30.6 Å². The molecule has 1 aromatic carbocycles. The van der Waals surface area contributed by atoms with Crippen molar-refractivity contribution < 1.29 is 4.79 Å². The van der Waals surface area contributed by atoms with Gasteiger partial charge in [-0.2, -0.15) is 10.1 Å². The maximum atomic E-state index is 12.0. The van der Waals surface area contributed by atoms with Gasteiger partial charge in [0.25, 0.3) is 0 Å². The number of fused-ring (bicyclic) bond motifs is 1. The molecule has 2 aromatic heterocycles. The summed E-state index contributed by atoms with van der Waals surface area (Å²) in [7, 11) is 0. The van der Waals surface area contributed by atoms with E-state index in [-0.39, 0.29) is 11.8 Å². The van der Waals surface area contributed by atoms with E-state index in [4.69, 9.17) is 4.98 Å². The van der Waals surface area contributed by atoms with Gasteiger partial charge in [-0.3, -0.25) is 9.48 Å². The van der Waals surface area contributed by atoms with Crippen LogP contribution < -0.4 is 16.0 Å². The molecule has 3 saturated carbocycles. The molecule has 8 nitrogen and oxygen atoms in total. The van der Waals surface area contributed by atoms with Gasteiger partial charge in [0.1, 0.15) is 5.82 Å². The molecular weight excluding hydrogens is 414 g/mol. The van der Waals surface area contributed by atoms with Crippen LogP contribution in [0.1, 0.15) is 68.9 Å². The fourth-order valence-corrected chi connectivity index (χ4v) is 4.46. The Hall–Kier alpha value is -3.16. The van der Waals surface area contributed by atoms with Crippen LogP contribution in [0.2, 0.25) is 0 Å². The van der Waals surface area contributed by atoms with Crippen molar-refractivity contribution in [2.24, 2.45) is 5.92 Å². The summed E-state index contributed by atoms with van der Waals surface area (Å²) in [6, 6.07) is 6.83. The second kappa shape index (κ2) is 8.65. The highest BCUT2D eigenvalue weighted by Gasteiger charge is 2.28. The molecular formula is C25H31N7O. The summed E-state index contributed by atoms with van der Waals surface area (Å²) in [6.07, 6.45) is 12.9. The predicted octanol–water partition coefficient (Wildman–Crippen LogP) is 4.50. The van der Waals surface area contributed by atoms with E-state index in [9.17, 15) is 4.79 Å².